The summed E-state index contributed by atoms with van der Waals surface area (Å²) in [7, 11) is 2.98. The van der Waals surface area contributed by atoms with Gasteiger partial charge in [-0.3, -0.25) is 0 Å². The summed E-state index contributed by atoms with van der Waals surface area (Å²) < 4.78 is 10.2. The zero-order chi connectivity index (χ0) is 12.1. The van der Waals surface area contributed by atoms with E-state index in [-0.39, 0.29) is 6.54 Å². The highest BCUT2D eigenvalue weighted by atomic mass is 16.5. The standard InChI is InChI=1S/C11H17NO4/c1-15-9-5-3-4-7(11(9)16-2)10(14)8(13)6-12/h3-5,8,10,13-14H,6,12H2,1-2H3. The van der Waals surface area contributed by atoms with Crippen LogP contribution in [0.2, 0.25) is 0 Å². The Morgan fingerprint density at radius 3 is 2.44 bits per heavy atom. The number of hydrogen-bond donors (Lipinski definition) is 3. The van der Waals surface area contributed by atoms with Gasteiger partial charge in [-0.1, -0.05) is 12.1 Å². The fourth-order valence-corrected chi connectivity index (χ4v) is 1.48. The van der Waals surface area contributed by atoms with Crippen LogP contribution in [0, 0.1) is 0 Å². The molecule has 1 aromatic rings. The van der Waals surface area contributed by atoms with Gasteiger partial charge in [-0.05, 0) is 6.07 Å². The van der Waals surface area contributed by atoms with E-state index in [1.54, 1.807) is 18.2 Å². The van der Waals surface area contributed by atoms with E-state index in [4.69, 9.17) is 15.2 Å². The van der Waals surface area contributed by atoms with Crippen molar-refractivity contribution in [2.45, 2.75) is 12.2 Å². The molecule has 0 bridgehead atoms. The van der Waals surface area contributed by atoms with Crippen LogP contribution in [0.4, 0.5) is 0 Å². The topological polar surface area (TPSA) is 84.9 Å². The second kappa shape index (κ2) is 5.69. The van der Waals surface area contributed by atoms with Gasteiger partial charge in [-0.15, -0.1) is 0 Å². The summed E-state index contributed by atoms with van der Waals surface area (Å²) in [5.41, 5.74) is 5.75. The fourth-order valence-electron chi connectivity index (χ4n) is 1.48. The van der Waals surface area contributed by atoms with Crippen LogP contribution in [0.3, 0.4) is 0 Å². The lowest BCUT2D eigenvalue weighted by atomic mass is 10.0. The quantitative estimate of drug-likeness (QED) is 0.662. The van der Waals surface area contributed by atoms with E-state index < -0.39 is 12.2 Å². The third kappa shape index (κ3) is 2.44. The van der Waals surface area contributed by atoms with Gasteiger partial charge < -0.3 is 25.4 Å². The maximum Gasteiger partial charge on any atom is 0.166 e. The molecule has 2 unspecified atom stereocenters. The van der Waals surface area contributed by atoms with Crippen LogP contribution in [0.1, 0.15) is 11.7 Å². The Morgan fingerprint density at radius 2 is 1.94 bits per heavy atom. The van der Waals surface area contributed by atoms with Crippen molar-refractivity contribution in [3.63, 3.8) is 0 Å². The van der Waals surface area contributed by atoms with Crippen molar-refractivity contribution in [2.24, 2.45) is 5.73 Å². The second-order valence-corrected chi connectivity index (χ2v) is 3.33. The van der Waals surface area contributed by atoms with Gasteiger partial charge >= 0.3 is 0 Å². The molecule has 0 aliphatic heterocycles. The molecule has 5 heteroatoms. The molecule has 1 aromatic carbocycles. The lowest BCUT2D eigenvalue weighted by Gasteiger charge is -2.20. The average molecular weight is 227 g/mol. The number of aliphatic hydroxyl groups is 2. The Labute approximate surface area is 94.4 Å². The molecule has 90 valence electrons. The predicted octanol–water partition coefficient (Wildman–Crippen LogP) is 0.0568. The first-order valence-electron chi connectivity index (χ1n) is 4.92. The highest BCUT2D eigenvalue weighted by molar-refractivity contribution is 5.47. The molecule has 0 heterocycles. The molecule has 0 radical (unpaired) electrons. The summed E-state index contributed by atoms with van der Waals surface area (Å²) in [6.07, 6.45) is -2.11. The van der Waals surface area contributed by atoms with Gasteiger partial charge in [-0.2, -0.15) is 0 Å². The largest absolute Gasteiger partial charge is 0.493 e. The molecule has 16 heavy (non-hydrogen) atoms. The summed E-state index contributed by atoms with van der Waals surface area (Å²) in [5, 5.41) is 19.3. The minimum absolute atomic E-state index is 0.0263. The number of nitrogens with two attached hydrogens (primary N) is 1. The Hall–Kier alpha value is -1.30. The predicted molar refractivity (Wildman–Crippen MR) is 59.6 cm³/mol. The zero-order valence-electron chi connectivity index (χ0n) is 9.38. The molecule has 0 saturated heterocycles. The van der Waals surface area contributed by atoms with Crippen molar-refractivity contribution >= 4 is 0 Å². The number of para-hydroxylation sites is 1. The lowest BCUT2D eigenvalue weighted by Crippen LogP contribution is -2.27. The maximum absolute atomic E-state index is 9.86. The van der Waals surface area contributed by atoms with Crippen LogP contribution in [0.25, 0.3) is 0 Å². The van der Waals surface area contributed by atoms with Crippen LogP contribution in [0.15, 0.2) is 18.2 Å². The molecule has 0 amide bonds. The summed E-state index contributed by atoms with van der Waals surface area (Å²) >= 11 is 0. The average Bonchev–Trinajstić information content (AvgIpc) is 2.35. The Kier molecular flexibility index (Phi) is 4.54. The van der Waals surface area contributed by atoms with Crippen molar-refractivity contribution in [1.29, 1.82) is 0 Å². The van der Waals surface area contributed by atoms with Gasteiger partial charge in [-0.25, -0.2) is 0 Å². The van der Waals surface area contributed by atoms with E-state index >= 15 is 0 Å². The van der Waals surface area contributed by atoms with Crippen LogP contribution in [-0.2, 0) is 0 Å². The van der Waals surface area contributed by atoms with Gasteiger partial charge in [0.25, 0.3) is 0 Å². The minimum atomic E-state index is -1.09. The van der Waals surface area contributed by atoms with Gasteiger partial charge in [0, 0.05) is 12.1 Å². The first-order chi connectivity index (χ1) is 7.65. The molecule has 4 N–H and O–H groups in total. The van der Waals surface area contributed by atoms with Gasteiger partial charge in [0.1, 0.15) is 6.10 Å². The summed E-state index contributed by atoms with van der Waals surface area (Å²) in [6, 6.07) is 5.08. The highest BCUT2D eigenvalue weighted by Gasteiger charge is 2.22. The monoisotopic (exact) mass is 227 g/mol. The normalized spacial score (nSPS) is 14.3. The summed E-state index contributed by atoms with van der Waals surface area (Å²) in [5.74, 6) is 0.910. The van der Waals surface area contributed by atoms with Crippen LogP contribution in [-0.4, -0.2) is 37.1 Å². The Morgan fingerprint density at radius 1 is 1.25 bits per heavy atom. The molecular formula is C11H17NO4. The molecule has 2 atom stereocenters. The zero-order valence-corrected chi connectivity index (χ0v) is 9.38. The molecule has 0 aromatic heterocycles. The van der Waals surface area contributed by atoms with Crippen molar-refractivity contribution in [3.8, 4) is 11.5 Å². The molecule has 5 nitrogen and oxygen atoms in total. The highest BCUT2D eigenvalue weighted by Crippen LogP contribution is 2.35. The van der Waals surface area contributed by atoms with Crippen molar-refractivity contribution in [2.75, 3.05) is 20.8 Å². The molecule has 0 aliphatic carbocycles. The van der Waals surface area contributed by atoms with E-state index in [0.29, 0.717) is 17.1 Å². The Bertz CT molecular complexity index is 343. The van der Waals surface area contributed by atoms with Crippen molar-refractivity contribution in [3.05, 3.63) is 23.8 Å². The smallest absolute Gasteiger partial charge is 0.166 e. The first kappa shape index (κ1) is 12.8. The first-order valence-corrected chi connectivity index (χ1v) is 4.92. The van der Waals surface area contributed by atoms with Crippen molar-refractivity contribution in [1.82, 2.24) is 0 Å². The van der Waals surface area contributed by atoms with E-state index in [9.17, 15) is 10.2 Å². The number of methoxy groups -OCH3 is 2. The van der Waals surface area contributed by atoms with Crippen molar-refractivity contribution < 1.29 is 19.7 Å². The van der Waals surface area contributed by atoms with Gasteiger partial charge in [0.15, 0.2) is 11.5 Å². The number of ether oxygens (including phenoxy) is 2. The summed E-state index contributed by atoms with van der Waals surface area (Å²) in [6.45, 7) is -0.0263. The van der Waals surface area contributed by atoms with Gasteiger partial charge in [0.05, 0.1) is 20.3 Å². The number of rotatable bonds is 5. The van der Waals surface area contributed by atoms with Crippen LogP contribution in [0.5, 0.6) is 11.5 Å². The molecule has 0 saturated carbocycles. The molecule has 0 fully saturated rings. The molecule has 1 rings (SSSR count). The summed E-state index contributed by atoms with van der Waals surface area (Å²) in [4.78, 5) is 0. The third-order valence-corrected chi connectivity index (χ3v) is 2.36. The van der Waals surface area contributed by atoms with Crippen LogP contribution < -0.4 is 15.2 Å². The number of hydrogen-bond acceptors (Lipinski definition) is 5. The molecular weight excluding hydrogens is 210 g/mol. The maximum atomic E-state index is 9.86. The van der Waals surface area contributed by atoms with Gasteiger partial charge in [0.2, 0.25) is 0 Å². The van der Waals surface area contributed by atoms with Crippen LogP contribution >= 0.6 is 0 Å². The van der Waals surface area contributed by atoms with E-state index in [2.05, 4.69) is 0 Å². The fraction of sp³-hybridized carbons (Fsp3) is 0.455. The van der Waals surface area contributed by atoms with E-state index in [1.165, 1.54) is 14.2 Å². The molecule has 0 aliphatic rings. The third-order valence-electron chi connectivity index (χ3n) is 2.36. The SMILES string of the molecule is COc1cccc(C(O)C(O)CN)c1OC. The van der Waals surface area contributed by atoms with E-state index in [0.717, 1.165) is 0 Å². The number of aliphatic hydroxyl groups excluding tert-OH is 2. The lowest BCUT2D eigenvalue weighted by molar-refractivity contribution is 0.0227. The van der Waals surface area contributed by atoms with E-state index in [1.807, 2.05) is 0 Å². The minimum Gasteiger partial charge on any atom is -0.493 e. The molecule has 0 spiro atoms. The second-order valence-electron chi connectivity index (χ2n) is 3.33. The number of benzene rings is 1. The Balaban J connectivity index is 3.12.